The number of rotatable bonds is 9. The molecule has 0 aliphatic heterocycles. The molecule has 0 radical (unpaired) electrons. The zero-order valence-electron chi connectivity index (χ0n) is 25.7. The third-order valence-electron chi connectivity index (χ3n) is 9.07. The van der Waals surface area contributed by atoms with E-state index < -0.39 is 22.8 Å². The number of carbonyl (C=O) groups is 1. The summed E-state index contributed by atoms with van der Waals surface area (Å²) in [7, 11) is 0. The summed E-state index contributed by atoms with van der Waals surface area (Å²) in [4.78, 5) is 17.0. The van der Waals surface area contributed by atoms with Gasteiger partial charge in [0, 0.05) is 35.4 Å². The van der Waals surface area contributed by atoms with Crippen LogP contribution in [0.15, 0.2) is 36.5 Å². The predicted octanol–water partition coefficient (Wildman–Crippen LogP) is 5.96. The number of benzene rings is 2. The molecule has 2 N–H and O–H groups in total. The highest BCUT2D eigenvalue weighted by Gasteiger charge is 2.61. The molecule has 0 amide bonds. The van der Waals surface area contributed by atoms with Gasteiger partial charge in [0.2, 0.25) is 5.88 Å². The zero-order valence-corrected chi connectivity index (χ0v) is 25.7. The van der Waals surface area contributed by atoms with Crippen molar-refractivity contribution >= 4 is 5.97 Å². The van der Waals surface area contributed by atoms with E-state index in [2.05, 4.69) is 4.98 Å². The summed E-state index contributed by atoms with van der Waals surface area (Å²) in [6.45, 7) is 9.33. The van der Waals surface area contributed by atoms with E-state index in [9.17, 15) is 19.4 Å². The second-order valence-electron chi connectivity index (χ2n) is 13.8. The Kier molecular flexibility index (Phi) is 7.69. The number of fused-ring (bicyclic) bond motifs is 3. The van der Waals surface area contributed by atoms with Crippen LogP contribution in [-0.2, 0) is 22.6 Å². The summed E-state index contributed by atoms with van der Waals surface area (Å²) in [5, 5.41) is 19.2. The molecule has 0 unspecified atom stereocenters. The van der Waals surface area contributed by atoms with E-state index >= 15 is 4.39 Å². The summed E-state index contributed by atoms with van der Waals surface area (Å²) < 4.78 is 47.4. The zero-order chi connectivity index (χ0) is 31.6. The number of pyridine rings is 1. The van der Waals surface area contributed by atoms with Crippen molar-refractivity contribution in [3.8, 4) is 22.8 Å². The fourth-order valence-corrected chi connectivity index (χ4v) is 6.99. The van der Waals surface area contributed by atoms with Crippen LogP contribution in [0.4, 0.5) is 8.78 Å². The Bertz CT molecular complexity index is 1590. The predicted molar refractivity (Wildman–Crippen MR) is 159 cm³/mol. The van der Waals surface area contributed by atoms with Gasteiger partial charge in [0.15, 0.2) is 0 Å². The average molecular weight is 608 g/mol. The molecular formula is C35H39F2NO6. The number of aryl methyl sites for hydroxylation is 2. The fourth-order valence-electron chi connectivity index (χ4n) is 6.99. The minimum atomic E-state index is -1.00. The molecule has 44 heavy (non-hydrogen) atoms. The molecule has 3 aliphatic carbocycles. The number of aromatic nitrogens is 1. The van der Waals surface area contributed by atoms with Gasteiger partial charge in [0.1, 0.15) is 29.6 Å². The molecule has 0 spiro atoms. The SMILES string of the molecule is Cc1cc(OC[C@H]2C[C@](O)(CO)C2)cc(C)c1-c1cc(COc2cc3c(cn2)[C@H]2[C@H](C3)[C@@H]2C(=O)OC(C)(C)C)c(F)cc1F. The number of aliphatic hydroxyl groups excluding tert-OH is 1. The number of hydrogen-bond acceptors (Lipinski definition) is 7. The van der Waals surface area contributed by atoms with E-state index in [1.807, 2.05) is 52.8 Å². The Morgan fingerprint density at radius 3 is 2.41 bits per heavy atom. The van der Waals surface area contributed by atoms with E-state index in [4.69, 9.17) is 14.2 Å². The molecule has 3 aliphatic rings. The maximum absolute atomic E-state index is 15.1. The second kappa shape index (κ2) is 11.1. The second-order valence-corrected chi connectivity index (χ2v) is 13.8. The van der Waals surface area contributed by atoms with Gasteiger partial charge in [0.25, 0.3) is 0 Å². The van der Waals surface area contributed by atoms with E-state index in [1.165, 1.54) is 6.07 Å². The smallest absolute Gasteiger partial charge is 0.310 e. The number of nitrogens with zero attached hydrogens (tertiary/aromatic N) is 1. The van der Waals surface area contributed by atoms with Gasteiger partial charge in [0.05, 0.1) is 24.7 Å². The molecule has 234 valence electrons. The van der Waals surface area contributed by atoms with Gasteiger partial charge < -0.3 is 24.4 Å². The highest BCUT2D eigenvalue weighted by molar-refractivity contribution is 5.80. The normalized spacial score (nSPS) is 25.1. The van der Waals surface area contributed by atoms with Crippen molar-refractivity contribution in [3.05, 3.63) is 76.0 Å². The summed E-state index contributed by atoms with van der Waals surface area (Å²) in [6.07, 6.45) is 3.45. The first-order valence-corrected chi connectivity index (χ1v) is 15.2. The Hall–Kier alpha value is -3.56. The molecule has 0 saturated heterocycles. The standard InChI is InChI=1S/C35H39F2NO6/c1-18-6-23(42-15-20-12-35(41,13-20)17-39)7-19(2)30(18)24-9-22(27(36)11-28(24)37)16-43-29-10-21-8-25-31(26(21)14-38-29)32(25)33(40)44-34(3,4)5/h6-7,9-11,14,20,25,31-32,39,41H,8,12-13,15-17H2,1-5H3/t20-,25-,31+,32-,35+/m0/s1. The third-order valence-corrected chi connectivity index (χ3v) is 9.07. The average Bonchev–Trinajstić information content (AvgIpc) is 3.51. The molecule has 1 aromatic heterocycles. The lowest BCUT2D eigenvalue weighted by atomic mass is 9.72. The largest absolute Gasteiger partial charge is 0.493 e. The van der Waals surface area contributed by atoms with Crippen LogP contribution in [0.3, 0.4) is 0 Å². The molecule has 2 fully saturated rings. The van der Waals surface area contributed by atoms with Crippen molar-refractivity contribution in [2.45, 2.75) is 77.6 Å². The molecule has 1 heterocycles. The minimum absolute atomic E-state index is 0.117. The molecule has 3 aromatic rings. The lowest BCUT2D eigenvalue weighted by Gasteiger charge is -2.42. The van der Waals surface area contributed by atoms with Gasteiger partial charge in [-0.25, -0.2) is 13.8 Å². The van der Waals surface area contributed by atoms with E-state index in [0.717, 1.165) is 34.7 Å². The van der Waals surface area contributed by atoms with Crippen molar-refractivity contribution < 1.29 is 38.0 Å². The lowest BCUT2D eigenvalue weighted by Crippen LogP contribution is -2.48. The van der Waals surface area contributed by atoms with Gasteiger partial charge in [-0.05, 0) is 112 Å². The number of aliphatic hydroxyl groups is 2. The van der Waals surface area contributed by atoms with E-state index in [0.29, 0.717) is 36.6 Å². The molecule has 7 nitrogen and oxygen atoms in total. The molecule has 2 saturated carbocycles. The molecular weight excluding hydrogens is 568 g/mol. The van der Waals surface area contributed by atoms with Crippen molar-refractivity contribution in [2.75, 3.05) is 13.2 Å². The van der Waals surface area contributed by atoms with Crippen LogP contribution >= 0.6 is 0 Å². The van der Waals surface area contributed by atoms with Crippen molar-refractivity contribution in [1.82, 2.24) is 4.98 Å². The number of esters is 1. The van der Waals surface area contributed by atoms with Crippen molar-refractivity contribution in [3.63, 3.8) is 0 Å². The molecule has 0 bridgehead atoms. The summed E-state index contributed by atoms with van der Waals surface area (Å²) in [6, 6.07) is 7.86. The van der Waals surface area contributed by atoms with Crippen LogP contribution in [0.25, 0.3) is 11.1 Å². The summed E-state index contributed by atoms with van der Waals surface area (Å²) in [5.41, 5.74) is 3.27. The maximum atomic E-state index is 15.1. The monoisotopic (exact) mass is 607 g/mol. The lowest BCUT2D eigenvalue weighted by molar-refractivity contribution is -0.157. The molecule has 3 atom stereocenters. The Morgan fingerprint density at radius 2 is 1.75 bits per heavy atom. The summed E-state index contributed by atoms with van der Waals surface area (Å²) in [5.74, 6) is -0.206. The van der Waals surface area contributed by atoms with Crippen LogP contribution in [0.1, 0.15) is 67.3 Å². The molecule has 9 heteroatoms. The van der Waals surface area contributed by atoms with Crippen LogP contribution in [0, 0.1) is 43.2 Å². The van der Waals surface area contributed by atoms with Crippen LogP contribution in [0.2, 0.25) is 0 Å². The van der Waals surface area contributed by atoms with Crippen LogP contribution < -0.4 is 9.47 Å². The van der Waals surface area contributed by atoms with Gasteiger partial charge in [-0.3, -0.25) is 4.79 Å². The quantitative estimate of drug-likeness (QED) is 0.290. The third kappa shape index (κ3) is 5.92. The van der Waals surface area contributed by atoms with Gasteiger partial charge in [-0.1, -0.05) is 0 Å². The maximum Gasteiger partial charge on any atom is 0.310 e. The highest BCUT2D eigenvalue weighted by Crippen LogP contribution is 2.62. The van der Waals surface area contributed by atoms with Crippen molar-refractivity contribution in [1.29, 1.82) is 0 Å². The first kappa shape index (κ1) is 30.5. The van der Waals surface area contributed by atoms with Gasteiger partial charge >= 0.3 is 5.97 Å². The number of halogens is 2. The number of hydrogen-bond donors (Lipinski definition) is 2. The number of carbonyl (C=O) groups excluding carboxylic acids is 1. The molecule has 2 aromatic carbocycles. The first-order chi connectivity index (χ1) is 20.7. The van der Waals surface area contributed by atoms with E-state index in [-0.39, 0.29) is 54.0 Å². The minimum Gasteiger partial charge on any atom is -0.493 e. The van der Waals surface area contributed by atoms with Crippen LogP contribution in [0.5, 0.6) is 11.6 Å². The Morgan fingerprint density at radius 1 is 1.05 bits per heavy atom. The van der Waals surface area contributed by atoms with Gasteiger partial charge in [-0.2, -0.15) is 0 Å². The Balaban J connectivity index is 1.12. The topological polar surface area (TPSA) is 98.1 Å². The number of ether oxygens (including phenoxy) is 3. The highest BCUT2D eigenvalue weighted by atomic mass is 19.1. The fraction of sp³-hybridized carbons (Fsp3) is 0.486. The first-order valence-electron chi connectivity index (χ1n) is 15.2. The summed E-state index contributed by atoms with van der Waals surface area (Å²) >= 11 is 0. The van der Waals surface area contributed by atoms with E-state index in [1.54, 1.807) is 6.20 Å². The van der Waals surface area contributed by atoms with Gasteiger partial charge in [-0.15, -0.1) is 0 Å². The Labute approximate surface area is 256 Å². The molecule has 6 rings (SSSR count). The van der Waals surface area contributed by atoms with Crippen LogP contribution in [-0.4, -0.2) is 45.6 Å². The van der Waals surface area contributed by atoms with Crippen molar-refractivity contribution in [2.24, 2.45) is 17.8 Å².